The maximum atomic E-state index is 14.2. The van der Waals surface area contributed by atoms with Gasteiger partial charge in [0.05, 0.1) is 47.5 Å². The lowest BCUT2D eigenvalue weighted by molar-refractivity contribution is 0.627. The monoisotopic (exact) mass is 919 g/mol. The highest BCUT2D eigenvalue weighted by molar-refractivity contribution is 6.17. The van der Waals surface area contributed by atoms with Crippen molar-refractivity contribution in [2.45, 2.75) is 0 Å². The Morgan fingerprint density at radius 2 is 0.831 bits per heavy atom. The van der Waals surface area contributed by atoms with Crippen molar-refractivity contribution in [3.8, 4) is 33.9 Å². The van der Waals surface area contributed by atoms with Gasteiger partial charge in [-0.15, -0.1) is 0 Å². The molecule has 2 aromatic heterocycles. The van der Waals surface area contributed by atoms with Crippen LogP contribution in [0.5, 0.6) is 0 Å². The third-order valence-electron chi connectivity index (χ3n) is 13.2. The van der Waals surface area contributed by atoms with Gasteiger partial charge in [-0.3, -0.25) is 0 Å². The number of anilines is 9. The lowest BCUT2D eigenvalue weighted by Crippen LogP contribution is -2.15. The molecule has 0 atom stereocenters. The first-order valence-corrected chi connectivity index (χ1v) is 23.3. The molecule has 0 saturated carbocycles. The van der Waals surface area contributed by atoms with Crippen LogP contribution in [0, 0.1) is 11.6 Å². The smallest absolute Gasteiger partial charge is 0.159 e. The van der Waals surface area contributed by atoms with Crippen LogP contribution < -0.4 is 14.7 Å². The van der Waals surface area contributed by atoms with E-state index in [1.54, 1.807) is 24.3 Å². The second-order valence-corrected chi connectivity index (χ2v) is 17.5. The van der Waals surface area contributed by atoms with Crippen LogP contribution in [0.3, 0.4) is 0 Å². The first-order chi connectivity index (χ1) is 35.0. The highest BCUT2D eigenvalue weighted by atomic mass is 19.1. The van der Waals surface area contributed by atoms with E-state index in [1.807, 2.05) is 64.9 Å². The Labute approximate surface area is 407 Å². The molecule has 0 N–H and O–H groups in total. The van der Waals surface area contributed by atoms with Crippen molar-refractivity contribution in [2.75, 3.05) is 14.7 Å². The molecule has 0 unspecified atom stereocenters. The van der Waals surface area contributed by atoms with Crippen LogP contribution in [0.2, 0.25) is 0 Å². The average Bonchev–Trinajstić information content (AvgIpc) is 3.43. The number of rotatable bonds is 9. The van der Waals surface area contributed by atoms with E-state index in [9.17, 15) is 8.78 Å². The van der Waals surface area contributed by atoms with Crippen LogP contribution in [-0.4, -0.2) is 19.9 Å². The first kappa shape index (κ1) is 41.6. The summed E-state index contributed by atoms with van der Waals surface area (Å²) in [5.74, 6) is 0.544. The van der Waals surface area contributed by atoms with E-state index < -0.39 is 0 Å². The van der Waals surface area contributed by atoms with Gasteiger partial charge in [0.15, 0.2) is 11.6 Å². The van der Waals surface area contributed by atoms with E-state index in [1.165, 1.54) is 24.3 Å². The lowest BCUT2D eigenvalue weighted by atomic mass is 9.88. The fourth-order valence-corrected chi connectivity index (χ4v) is 9.93. The molecular formula is C62H39F2N7. The molecule has 3 heterocycles. The van der Waals surface area contributed by atoms with Gasteiger partial charge in [-0.2, -0.15) is 0 Å². The van der Waals surface area contributed by atoms with Crippen LogP contribution >= 0.6 is 0 Å². The highest BCUT2D eigenvalue weighted by Gasteiger charge is 2.28. The van der Waals surface area contributed by atoms with Crippen LogP contribution in [0.15, 0.2) is 237 Å². The third kappa shape index (κ3) is 7.44. The van der Waals surface area contributed by atoms with E-state index in [0.717, 1.165) is 106 Å². The molecule has 0 saturated heterocycles. The lowest BCUT2D eigenvalue weighted by Gasteiger charge is -2.34. The van der Waals surface area contributed by atoms with E-state index >= 15 is 0 Å². The van der Waals surface area contributed by atoms with E-state index in [0.29, 0.717) is 11.6 Å². The zero-order valence-corrected chi connectivity index (χ0v) is 37.9. The van der Waals surface area contributed by atoms with Gasteiger partial charge in [-0.25, -0.2) is 28.7 Å². The summed E-state index contributed by atoms with van der Waals surface area (Å²) >= 11 is 0. The molecule has 7 nitrogen and oxygen atoms in total. The topological polar surface area (TPSA) is 61.3 Å². The Morgan fingerprint density at radius 1 is 0.338 bits per heavy atom. The zero-order chi connectivity index (χ0) is 47.4. The van der Waals surface area contributed by atoms with Gasteiger partial charge < -0.3 is 14.7 Å². The number of para-hydroxylation sites is 1. The predicted octanol–water partition coefficient (Wildman–Crippen LogP) is 16.7. The standard InChI is InChI=1S/C62H39F2N7/c63-45-20-26-48(27-21-45)69(50-24-17-40-9-4-6-11-42(40)33-50)52-36-65-61(66-37-52)44-19-30-54-56-31-32-57(55-15-8-16-58(60(55)56)71(59(54)35-44)47-13-2-1-3-14-47)62-67-38-53(39-68-62)70(49-28-22-46(64)23-29-49)51-25-18-41-10-5-7-12-43(41)34-51/h1-39H. The summed E-state index contributed by atoms with van der Waals surface area (Å²) in [5, 5.41) is 6.54. The summed E-state index contributed by atoms with van der Waals surface area (Å²) < 4.78 is 28.4. The molecule has 0 spiro atoms. The molecule has 13 rings (SSSR count). The van der Waals surface area contributed by atoms with Crippen molar-refractivity contribution in [1.82, 2.24) is 19.9 Å². The van der Waals surface area contributed by atoms with E-state index in [4.69, 9.17) is 19.9 Å². The third-order valence-corrected chi connectivity index (χ3v) is 13.2. The van der Waals surface area contributed by atoms with Crippen molar-refractivity contribution in [3.05, 3.63) is 249 Å². The highest BCUT2D eigenvalue weighted by Crippen LogP contribution is 2.53. The maximum absolute atomic E-state index is 14.2. The number of benzene rings is 10. The van der Waals surface area contributed by atoms with Crippen molar-refractivity contribution < 1.29 is 8.78 Å². The number of nitrogens with zero attached hydrogens (tertiary/aromatic N) is 7. The Morgan fingerprint density at radius 3 is 1.41 bits per heavy atom. The molecule has 71 heavy (non-hydrogen) atoms. The zero-order valence-electron chi connectivity index (χ0n) is 37.9. The normalized spacial score (nSPS) is 11.8. The molecule has 1 aliphatic rings. The number of aromatic nitrogens is 4. The molecule has 10 aromatic carbocycles. The molecule has 0 fully saturated rings. The van der Waals surface area contributed by atoms with E-state index in [-0.39, 0.29) is 11.6 Å². The largest absolute Gasteiger partial charge is 0.309 e. The summed E-state index contributed by atoms with van der Waals surface area (Å²) in [7, 11) is 0. The molecular weight excluding hydrogens is 881 g/mol. The predicted molar refractivity (Wildman–Crippen MR) is 284 cm³/mol. The van der Waals surface area contributed by atoms with Crippen molar-refractivity contribution in [2.24, 2.45) is 0 Å². The summed E-state index contributed by atoms with van der Waals surface area (Å²) in [6, 6.07) is 69.4. The Kier molecular flexibility index (Phi) is 10.1. The summed E-state index contributed by atoms with van der Waals surface area (Å²) in [6.45, 7) is 0. The van der Waals surface area contributed by atoms with Crippen molar-refractivity contribution in [3.63, 3.8) is 0 Å². The van der Waals surface area contributed by atoms with Crippen LogP contribution in [0.4, 0.5) is 60.0 Å². The van der Waals surface area contributed by atoms with Gasteiger partial charge in [0.25, 0.3) is 0 Å². The van der Waals surface area contributed by atoms with Crippen LogP contribution in [0.1, 0.15) is 0 Å². The number of hydrogen-bond acceptors (Lipinski definition) is 7. The molecule has 336 valence electrons. The molecule has 0 bridgehead atoms. The quantitative estimate of drug-likeness (QED) is 0.143. The molecule has 9 heteroatoms. The van der Waals surface area contributed by atoms with Gasteiger partial charge in [0.1, 0.15) is 11.6 Å². The Balaban J connectivity index is 0.881. The minimum atomic E-state index is -0.306. The Bertz CT molecular complexity index is 3960. The molecule has 0 radical (unpaired) electrons. The maximum Gasteiger partial charge on any atom is 0.159 e. The van der Waals surface area contributed by atoms with Gasteiger partial charge in [-0.1, -0.05) is 109 Å². The van der Waals surface area contributed by atoms with Gasteiger partial charge >= 0.3 is 0 Å². The number of halogens is 2. The number of fused-ring (bicyclic) bond motifs is 4. The first-order valence-electron chi connectivity index (χ1n) is 23.3. The molecule has 0 amide bonds. The summed E-state index contributed by atoms with van der Waals surface area (Å²) in [5.41, 5.74) is 11.8. The van der Waals surface area contributed by atoms with Gasteiger partial charge in [0.2, 0.25) is 0 Å². The second-order valence-electron chi connectivity index (χ2n) is 17.5. The Hall–Kier alpha value is -9.60. The van der Waals surface area contributed by atoms with Crippen molar-refractivity contribution >= 4 is 83.5 Å². The van der Waals surface area contributed by atoms with Crippen LogP contribution in [0.25, 0.3) is 66.2 Å². The average molecular weight is 920 g/mol. The second kappa shape index (κ2) is 17.2. The van der Waals surface area contributed by atoms with E-state index in [2.05, 4.69) is 138 Å². The fourth-order valence-electron chi connectivity index (χ4n) is 9.93. The van der Waals surface area contributed by atoms with Gasteiger partial charge in [-0.05, 0) is 136 Å². The summed E-state index contributed by atoms with van der Waals surface area (Å²) in [6.07, 6.45) is 7.32. The fraction of sp³-hybridized carbons (Fsp3) is 0. The van der Waals surface area contributed by atoms with Gasteiger partial charge in [0, 0.05) is 50.5 Å². The SMILES string of the molecule is Fc1ccc(N(c2cnc(-c3ccc4c(c3)N(c3ccccc3)c3cccc5c(-c6ncc(N(c7ccc(F)cc7)c7ccc8ccccc8c7)cn6)ccc-4c35)nc2)c2ccc3ccccc3c2)cc1. The van der Waals surface area contributed by atoms with Crippen LogP contribution in [-0.2, 0) is 0 Å². The summed E-state index contributed by atoms with van der Waals surface area (Å²) in [4.78, 5) is 26.3. The minimum Gasteiger partial charge on any atom is -0.309 e. The number of hydrogen-bond donors (Lipinski definition) is 0. The molecule has 1 aliphatic heterocycles. The molecule has 0 aliphatic carbocycles. The minimum absolute atomic E-state index is 0.305. The van der Waals surface area contributed by atoms with Crippen molar-refractivity contribution in [1.29, 1.82) is 0 Å². The molecule has 12 aromatic rings.